The number of amides is 3. The lowest BCUT2D eigenvalue weighted by Gasteiger charge is -2.48. The standard InChI is InChI=1S/C32H50ClN5O2.ClH/c1-3-36(4-2)32(40)38(26-10-6-5-7-11-26)29-20-27-16-17-28(21-29)37(27)31(39)30(35-25-9-8-18-34-22-25)19-23-12-14-24(33)15-13-23;/h12-15,25-30,34-35H,3-11,16-22H2,1-2H3;1H/t25?,27?,28?,29?,30-;/m1./s1. The predicted octanol–water partition coefficient (Wildman–Crippen LogP) is 5.63. The molecule has 3 aliphatic heterocycles. The molecule has 2 N–H and O–H groups in total. The van der Waals surface area contributed by atoms with E-state index in [0.717, 1.165) is 88.1 Å². The van der Waals surface area contributed by atoms with Crippen LogP contribution in [0.5, 0.6) is 0 Å². The Morgan fingerprint density at radius 1 is 0.951 bits per heavy atom. The van der Waals surface area contributed by atoms with Crippen molar-refractivity contribution in [2.24, 2.45) is 0 Å². The first kappa shape index (κ1) is 32.4. The lowest BCUT2D eigenvalue weighted by molar-refractivity contribution is -0.139. The molecular formula is C32H51Cl2N5O2. The molecule has 9 heteroatoms. The number of fused-ring (bicyclic) bond motifs is 2. The number of benzene rings is 1. The smallest absolute Gasteiger partial charge is 0.320 e. The molecule has 1 aromatic carbocycles. The van der Waals surface area contributed by atoms with E-state index in [9.17, 15) is 9.59 Å². The average molecular weight is 609 g/mol. The summed E-state index contributed by atoms with van der Waals surface area (Å²) in [6.45, 7) is 7.62. The molecule has 41 heavy (non-hydrogen) atoms. The van der Waals surface area contributed by atoms with E-state index in [2.05, 4.69) is 34.3 Å². The Hall–Kier alpha value is -1.54. The summed E-state index contributed by atoms with van der Waals surface area (Å²) >= 11 is 6.16. The second-order valence-corrected chi connectivity index (χ2v) is 12.9. The van der Waals surface area contributed by atoms with Gasteiger partial charge in [-0.15, -0.1) is 12.4 Å². The van der Waals surface area contributed by atoms with E-state index in [0.29, 0.717) is 18.5 Å². The highest BCUT2D eigenvalue weighted by atomic mass is 35.5. The molecule has 4 fully saturated rings. The molecule has 0 spiro atoms. The van der Waals surface area contributed by atoms with Crippen LogP contribution >= 0.6 is 24.0 Å². The van der Waals surface area contributed by atoms with Gasteiger partial charge in [-0.25, -0.2) is 4.79 Å². The van der Waals surface area contributed by atoms with Crippen LogP contribution in [0.2, 0.25) is 5.02 Å². The van der Waals surface area contributed by atoms with E-state index in [-0.39, 0.29) is 48.5 Å². The van der Waals surface area contributed by atoms with Crippen molar-refractivity contribution in [3.05, 3.63) is 34.9 Å². The number of nitrogens with zero attached hydrogens (tertiary/aromatic N) is 3. The van der Waals surface area contributed by atoms with Crippen molar-refractivity contribution in [2.45, 2.75) is 127 Å². The van der Waals surface area contributed by atoms with Gasteiger partial charge in [0.15, 0.2) is 0 Å². The van der Waals surface area contributed by atoms with Gasteiger partial charge in [0.25, 0.3) is 0 Å². The Bertz CT molecular complexity index is 965. The molecule has 3 amide bonds. The third kappa shape index (κ3) is 7.70. The Kier molecular flexibility index (Phi) is 12.1. The lowest BCUT2D eigenvalue weighted by Crippen LogP contribution is -2.62. The highest BCUT2D eigenvalue weighted by molar-refractivity contribution is 6.30. The van der Waals surface area contributed by atoms with Crippen molar-refractivity contribution < 1.29 is 9.59 Å². The summed E-state index contributed by atoms with van der Waals surface area (Å²) in [4.78, 5) is 34.7. The molecule has 2 bridgehead atoms. The number of carbonyl (C=O) groups excluding carboxylic acids is 2. The molecule has 5 rings (SSSR count). The number of piperidine rings is 2. The second-order valence-electron chi connectivity index (χ2n) is 12.5. The minimum atomic E-state index is -0.252. The van der Waals surface area contributed by atoms with Gasteiger partial charge in [-0.3, -0.25) is 4.79 Å². The fourth-order valence-electron chi connectivity index (χ4n) is 7.89. The fourth-order valence-corrected chi connectivity index (χ4v) is 8.02. The Balaban J connectivity index is 0.00000387. The van der Waals surface area contributed by atoms with Crippen LogP contribution in [-0.2, 0) is 11.2 Å². The third-order valence-corrected chi connectivity index (χ3v) is 10.2. The molecule has 7 nitrogen and oxygen atoms in total. The van der Waals surface area contributed by atoms with E-state index in [1.165, 1.54) is 19.3 Å². The van der Waals surface area contributed by atoms with E-state index in [4.69, 9.17) is 11.6 Å². The number of hydrogen-bond donors (Lipinski definition) is 2. The molecule has 4 aliphatic rings. The van der Waals surface area contributed by atoms with Crippen LogP contribution in [0.1, 0.15) is 90.0 Å². The summed E-state index contributed by atoms with van der Waals surface area (Å²) in [7, 11) is 0. The number of carbonyl (C=O) groups is 2. The zero-order chi connectivity index (χ0) is 28.1. The monoisotopic (exact) mass is 607 g/mol. The molecule has 1 aliphatic carbocycles. The number of halogens is 2. The first-order chi connectivity index (χ1) is 19.5. The SMILES string of the molecule is CCN(CC)C(=O)N(C1CCCCC1)C1CC2CCC(C1)N2C(=O)[C@@H](Cc1ccc(Cl)cc1)NC1CCCNC1.Cl. The number of hydrogen-bond acceptors (Lipinski definition) is 4. The lowest BCUT2D eigenvalue weighted by atomic mass is 9.89. The zero-order valence-electron chi connectivity index (χ0n) is 25.0. The van der Waals surface area contributed by atoms with Gasteiger partial charge in [0.05, 0.1) is 6.04 Å². The predicted molar refractivity (Wildman–Crippen MR) is 169 cm³/mol. The Labute approximate surface area is 258 Å². The molecular weight excluding hydrogens is 557 g/mol. The summed E-state index contributed by atoms with van der Waals surface area (Å²) < 4.78 is 0. The Morgan fingerprint density at radius 2 is 1.61 bits per heavy atom. The van der Waals surface area contributed by atoms with Crippen molar-refractivity contribution >= 4 is 35.9 Å². The third-order valence-electron chi connectivity index (χ3n) is 9.96. The minimum absolute atomic E-state index is 0. The summed E-state index contributed by atoms with van der Waals surface area (Å²) in [6.07, 6.45) is 12.7. The molecule has 1 saturated carbocycles. The van der Waals surface area contributed by atoms with Crippen molar-refractivity contribution in [1.82, 2.24) is 25.3 Å². The maximum atomic E-state index is 14.3. The van der Waals surface area contributed by atoms with Crippen molar-refractivity contribution in [2.75, 3.05) is 26.2 Å². The van der Waals surface area contributed by atoms with Crippen molar-refractivity contribution in [1.29, 1.82) is 0 Å². The van der Waals surface area contributed by atoms with Crippen molar-refractivity contribution in [3.8, 4) is 0 Å². The van der Waals surface area contributed by atoms with Gasteiger partial charge in [-0.05, 0) is 95.9 Å². The highest BCUT2D eigenvalue weighted by Crippen LogP contribution is 2.40. The number of rotatable bonds is 9. The second kappa shape index (κ2) is 15.3. The molecule has 0 aromatic heterocycles. The molecule has 4 atom stereocenters. The van der Waals surface area contributed by atoms with Gasteiger partial charge in [0.1, 0.15) is 0 Å². The number of nitrogens with one attached hydrogen (secondary N) is 2. The quantitative estimate of drug-likeness (QED) is 0.381. The maximum absolute atomic E-state index is 14.3. The molecule has 230 valence electrons. The molecule has 3 saturated heterocycles. The van der Waals surface area contributed by atoms with Crippen LogP contribution in [0.4, 0.5) is 4.79 Å². The van der Waals surface area contributed by atoms with Gasteiger partial charge in [0.2, 0.25) is 5.91 Å². The fraction of sp³-hybridized carbons (Fsp3) is 0.750. The zero-order valence-corrected chi connectivity index (χ0v) is 26.6. The Morgan fingerprint density at radius 3 is 2.20 bits per heavy atom. The van der Waals surface area contributed by atoms with Crippen molar-refractivity contribution in [3.63, 3.8) is 0 Å². The van der Waals surface area contributed by atoms with Gasteiger partial charge in [-0.2, -0.15) is 0 Å². The van der Waals surface area contributed by atoms with Crippen LogP contribution < -0.4 is 10.6 Å². The largest absolute Gasteiger partial charge is 0.335 e. The summed E-state index contributed by atoms with van der Waals surface area (Å²) in [6, 6.07) is 9.19. The van der Waals surface area contributed by atoms with Crippen LogP contribution in [-0.4, -0.2) is 89.1 Å². The van der Waals surface area contributed by atoms with Crippen LogP contribution in [0.25, 0.3) is 0 Å². The van der Waals surface area contributed by atoms with Gasteiger partial charge in [0, 0.05) is 54.9 Å². The van der Waals surface area contributed by atoms with Crippen LogP contribution in [0.3, 0.4) is 0 Å². The van der Waals surface area contributed by atoms with Crippen LogP contribution in [0, 0.1) is 0 Å². The average Bonchev–Trinajstić information content (AvgIpc) is 3.24. The summed E-state index contributed by atoms with van der Waals surface area (Å²) in [5.74, 6) is 0.241. The number of urea groups is 1. The molecule has 0 radical (unpaired) electrons. The first-order valence-electron chi connectivity index (χ1n) is 16.1. The minimum Gasteiger partial charge on any atom is -0.335 e. The van der Waals surface area contributed by atoms with E-state index >= 15 is 0 Å². The summed E-state index contributed by atoms with van der Waals surface area (Å²) in [5.41, 5.74) is 1.13. The van der Waals surface area contributed by atoms with E-state index in [1.54, 1.807) is 0 Å². The maximum Gasteiger partial charge on any atom is 0.320 e. The highest BCUT2D eigenvalue weighted by Gasteiger charge is 2.48. The van der Waals surface area contributed by atoms with E-state index < -0.39 is 0 Å². The summed E-state index contributed by atoms with van der Waals surface area (Å²) in [5, 5.41) is 7.97. The van der Waals surface area contributed by atoms with Gasteiger partial charge in [-0.1, -0.05) is 43.0 Å². The van der Waals surface area contributed by atoms with Gasteiger partial charge < -0.3 is 25.3 Å². The molecule has 1 aromatic rings. The molecule has 3 heterocycles. The topological polar surface area (TPSA) is 67.9 Å². The van der Waals surface area contributed by atoms with Crippen LogP contribution in [0.15, 0.2) is 24.3 Å². The van der Waals surface area contributed by atoms with Gasteiger partial charge >= 0.3 is 6.03 Å². The first-order valence-corrected chi connectivity index (χ1v) is 16.5. The van der Waals surface area contributed by atoms with E-state index in [1.807, 2.05) is 29.2 Å². The normalized spacial score (nSPS) is 27.1. The molecule has 3 unspecified atom stereocenters.